The van der Waals surface area contributed by atoms with Crippen LogP contribution in [0.3, 0.4) is 0 Å². The summed E-state index contributed by atoms with van der Waals surface area (Å²) in [6, 6.07) is 3.27. The Kier molecular flexibility index (Phi) is 3.19. The van der Waals surface area contributed by atoms with Crippen molar-refractivity contribution in [3.63, 3.8) is 0 Å². The van der Waals surface area contributed by atoms with Gasteiger partial charge in [-0.1, -0.05) is 0 Å². The van der Waals surface area contributed by atoms with Crippen molar-refractivity contribution in [1.82, 2.24) is 14.8 Å². The van der Waals surface area contributed by atoms with Crippen LogP contribution < -0.4 is 4.74 Å². The van der Waals surface area contributed by atoms with E-state index >= 15 is 0 Å². The second kappa shape index (κ2) is 4.91. The number of ether oxygens (including phenoxy) is 2. The Balaban J connectivity index is 1.74. The molecule has 2 amide bonds. The first-order valence-corrected chi connectivity index (χ1v) is 6.76. The van der Waals surface area contributed by atoms with Crippen LogP contribution in [-0.4, -0.2) is 66.2 Å². The van der Waals surface area contributed by atoms with E-state index in [1.807, 2.05) is 0 Å². The molecule has 2 aliphatic rings. The van der Waals surface area contributed by atoms with Gasteiger partial charge in [0.25, 0.3) is 5.91 Å². The van der Waals surface area contributed by atoms with Gasteiger partial charge in [0.2, 0.25) is 5.88 Å². The van der Waals surface area contributed by atoms with E-state index in [-0.39, 0.29) is 12.0 Å². The Labute approximate surface area is 122 Å². The zero-order chi connectivity index (χ0) is 15.0. The maximum Gasteiger partial charge on any atom is 0.410 e. The Morgan fingerprint density at radius 2 is 2.29 bits per heavy atom. The Morgan fingerprint density at radius 3 is 2.95 bits per heavy atom. The molecule has 0 bridgehead atoms. The normalized spacial score (nSPS) is 24.6. The van der Waals surface area contributed by atoms with Crippen LogP contribution >= 0.6 is 0 Å². The number of rotatable bonds is 2. The molecule has 0 N–H and O–H groups in total. The lowest BCUT2D eigenvalue weighted by molar-refractivity contribution is 0.0553. The van der Waals surface area contributed by atoms with E-state index < -0.39 is 5.60 Å². The number of pyridine rings is 1. The summed E-state index contributed by atoms with van der Waals surface area (Å²) in [6.45, 7) is 1.52. The summed E-state index contributed by atoms with van der Waals surface area (Å²) in [6.07, 6.45) is 1.88. The molecule has 3 heterocycles. The molecule has 2 aliphatic heterocycles. The molecule has 112 valence electrons. The predicted octanol–water partition coefficient (Wildman–Crippen LogP) is 0.757. The minimum Gasteiger partial charge on any atom is -0.481 e. The summed E-state index contributed by atoms with van der Waals surface area (Å²) in [5, 5.41) is 0. The molecule has 2 fully saturated rings. The second-order valence-corrected chi connectivity index (χ2v) is 5.47. The van der Waals surface area contributed by atoms with Crippen LogP contribution in [0.2, 0.25) is 0 Å². The molecule has 0 aliphatic carbocycles. The first kappa shape index (κ1) is 13.7. The molecular weight excluding hydrogens is 274 g/mol. The van der Waals surface area contributed by atoms with E-state index in [2.05, 4.69) is 4.98 Å². The van der Waals surface area contributed by atoms with Crippen LogP contribution in [0.4, 0.5) is 4.79 Å². The summed E-state index contributed by atoms with van der Waals surface area (Å²) in [4.78, 5) is 31.3. The van der Waals surface area contributed by atoms with Gasteiger partial charge < -0.3 is 19.3 Å². The number of hydrogen-bond acceptors (Lipinski definition) is 5. The molecule has 1 atom stereocenters. The first-order chi connectivity index (χ1) is 10.0. The number of likely N-dealkylation sites (N-methyl/N-ethyl adjacent to an activating group) is 1. The molecular formula is C14H17N3O4. The van der Waals surface area contributed by atoms with E-state index in [0.29, 0.717) is 37.5 Å². The summed E-state index contributed by atoms with van der Waals surface area (Å²) in [5.74, 6) is 0.306. The zero-order valence-electron chi connectivity index (χ0n) is 12.0. The number of methoxy groups -OCH3 is 1. The van der Waals surface area contributed by atoms with Gasteiger partial charge in [0.15, 0.2) is 5.60 Å². The molecule has 1 aromatic rings. The molecule has 3 rings (SSSR count). The number of hydrogen-bond donors (Lipinski definition) is 0. The molecule has 1 spiro atoms. The molecule has 0 aromatic carbocycles. The van der Waals surface area contributed by atoms with E-state index in [1.54, 1.807) is 35.2 Å². The van der Waals surface area contributed by atoms with Gasteiger partial charge in [0, 0.05) is 37.8 Å². The van der Waals surface area contributed by atoms with E-state index in [4.69, 9.17) is 9.47 Å². The van der Waals surface area contributed by atoms with Gasteiger partial charge in [0.1, 0.15) is 0 Å². The average molecular weight is 291 g/mol. The lowest BCUT2D eigenvalue weighted by atomic mass is 10.0. The van der Waals surface area contributed by atoms with Crippen LogP contribution in [0.15, 0.2) is 18.3 Å². The molecule has 7 nitrogen and oxygen atoms in total. The molecule has 0 radical (unpaired) electrons. The maximum atomic E-state index is 12.5. The van der Waals surface area contributed by atoms with Crippen molar-refractivity contribution < 1.29 is 19.1 Å². The SMILES string of the molecule is COc1cc(C(=O)N2CCC3(CN(C)C(=O)O3)C2)ccn1. The third kappa shape index (κ3) is 2.39. The third-order valence-corrected chi connectivity index (χ3v) is 3.94. The smallest absolute Gasteiger partial charge is 0.410 e. The van der Waals surface area contributed by atoms with Crippen molar-refractivity contribution in [2.45, 2.75) is 12.0 Å². The molecule has 1 aromatic heterocycles. The van der Waals surface area contributed by atoms with Crippen molar-refractivity contribution in [3.8, 4) is 5.88 Å². The van der Waals surface area contributed by atoms with Crippen LogP contribution in [-0.2, 0) is 4.74 Å². The summed E-state index contributed by atoms with van der Waals surface area (Å²) < 4.78 is 10.5. The maximum absolute atomic E-state index is 12.5. The lowest BCUT2D eigenvalue weighted by Gasteiger charge is -2.21. The van der Waals surface area contributed by atoms with Gasteiger partial charge in [-0.15, -0.1) is 0 Å². The Hall–Kier alpha value is -2.31. The topological polar surface area (TPSA) is 72.0 Å². The monoisotopic (exact) mass is 291 g/mol. The van der Waals surface area contributed by atoms with E-state index in [9.17, 15) is 9.59 Å². The first-order valence-electron chi connectivity index (χ1n) is 6.76. The van der Waals surface area contributed by atoms with Gasteiger partial charge >= 0.3 is 6.09 Å². The molecule has 7 heteroatoms. The number of carbonyl (C=O) groups excluding carboxylic acids is 2. The van der Waals surface area contributed by atoms with Crippen molar-refractivity contribution in [2.24, 2.45) is 0 Å². The minimum atomic E-state index is -0.557. The van der Waals surface area contributed by atoms with Crippen LogP contribution in [0, 0.1) is 0 Å². The Morgan fingerprint density at radius 1 is 1.48 bits per heavy atom. The largest absolute Gasteiger partial charge is 0.481 e. The van der Waals surface area contributed by atoms with Gasteiger partial charge in [-0.3, -0.25) is 4.79 Å². The average Bonchev–Trinajstić information content (AvgIpc) is 3.02. The number of likely N-dealkylation sites (tertiary alicyclic amines) is 1. The van der Waals surface area contributed by atoms with Gasteiger partial charge in [-0.25, -0.2) is 9.78 Å². The quantitative estimate of drug-likeness (QED) is 0.804. The second-order valence-electron chi connectivity index (χ2n) is 5.47. The van der Waals surface area contributed by atoms with Crippen LogP contribution in [0.1, 0.15) is 16.8 Å². The standard InChI is InChI=1S/C14H17N3O4/c1-16-8-14(21-13(16)19)4-6-17(9-14)12(18)10-3-5-15-11(7-10)20-2/h3,5,7H,4,6,8-9H2,1-2H3. The van der Waals surface area contributed by atoms with Crippen LogP contribution in [0.5, 0.6) is 5.88 Å². The number of nitrogens with zero attached hydrogens (tertiary/aromatic N) is 3. The summed E-state index contributed by atoms with van der Waals surface area (Å²) in [7, 11) is 3.21. The molecule has 0 saturated carbocycles. The third-order valence-electron chi connectivity index (χ3n) is 3.94. The fraction of sp³-hybridized carbons (Fsp3) is 0.500. The molecule has 2 saturated heterocycles. The molecule has 21 heavy (non-hydrogen) atoms. The highest BCUT2D eigenvalue weighted by molar-refractivity contribution is 5.94. The van der Waals surface area contributed by atoms with Crippen molar-refractivity contribution >= 4 is 12.0 Å². The Bertz CT molecular complexity index is 591. The fourth-order valence-corrected chi connectivity index (χ4v) is 2.86. The van der Waals surface area contributed by atoms with E-state index in [1.165, 1.54) is 7.11 Å². The molecule has 1 unspecified atom stereocenters. The zero-order valence-corrected chi connectivity index (χ0v) is 12.0. The minimum absolute atomic E-state index is 0.0989. The highest BCUT2D eigenvalue weighted by atomic mass is 16.6. The number of aromatic nitrogens is 1. The highest BCUT2D eigenvalue weighted by Gasteiger charge is 2.49. The van der Waals surface area contributed by atoms with Gasteiger partial charge in [0.05, 0.1) is 20.2 Å². The lowest BCUT2D eigenvalue weighted by Crippen LogP contribution is -2.39. The van der Waals surface area contributed by atoms with Crippen molar-refractivity contribution in [3.05, 3.63) is 23.9 Å². The predicted molar refractivity (Wildman–Crippen MR) is 73.2 cm³/mol. The van der Waals surface area contributed by atoms with Gasteiger partial charge in [-0.2, -0.15) is 0 Å². The number of carbonyl (C=O) groups is 2. The highest BCUT2D eigenvalue weighted by Crippen LogP contribution is 2.32. The van der Waals surface area contributed by atoms with Crippen LogP contribution in [0.25, 0.3) is 0 Å². The number of amides is 2. The van der Waals surface area contributed by atoms with Crippen molar-refractivity contribution in [1.29, 1.82) is 0 Å². The van der Waals surface area contributed by atoms with Crippen molar-refractivity contribution in [2.75, 3.05) is 33.8 Å². The van der Waals surface area contributed by atoms with E-state index in [0.717, 1.165) is 0 Å². The fourth-order valence-electron chi connectivity index (χ4n) is 2.86. The summed E-state index contributed by atoms with van der Waals surface area (Å²) in [5.41, 5.74) is -0.0323. The summed E-state index contributed by atoms with van der Waals surface area (Å²) >= 11 is 0. The van der Waals surface area contributed by atoms with Gasteiger partial charge in [-0.05, 0) is 6.07 Å².